The fourth-order valence-electron chi connectivity index (χ4n) is 2.28. The molecule has 0 aromatic heterocycles. The van der Waals surface area contributed by atoms with Gasteiger partial charge in [0.25, 0.3) is 5.91 Å². The van der Waals surface area contributed by atoms with Crippen molar-refractivity contribution in [3.63, 3.8) is 0 Å². The van der Waals surface area contributed by atoms with E-state index in [1.807, 2.05) is 24.3 Å². The zero-order valence-electron chi connectivity index (χ0n) is 14.0. The van der Waals surface area contributed by atoms with E-state index < -0.39 is 11.9 Å². The number of anilines is 1. The minimum Gasteiger partial charge on any atom is -0.452 e. The van der Waals surface area contributed by atoms with Crippen LogP contribution < -0.4 is 5.32 Å². The van der Waals surface area contributed by atoms with Crippen molar-refractivity contribution in [1.29, 1.82) is 0 Å². The molecule has 0 spiro atoms. The van der Waals surface area contributed by atoms with Crippen LogP contribution in [0.1, 0.15) is 42.1 Å². The summed E-state index contributed by atoms with van der Waals surface area (Å²) in [4.78, 5) is 24.1. The van der Waals surface area contributed by atoms with Crippen molar-refractivity contribution in [2.75, 3.05) is 11.9 Å². The number of rotatable bonds is 6. The van der Waals surface area contributed by atoms with Gasteiger partial charge in [-0.2, -0.15) is 0 Å². The van der Waals surface area contributed by atoms with Crippen molar-refractivity contribution in [3.8, 4) is 0 Å². The second-order valence-electron chi connectivity index (χ2n) is 5.65. The van der Waals surface area contributed by atoms with E-state index in [2.05, 4.69) is 19.2 Å². The molecular weight excluding hydrogens is 361 g/mol. The number of para-hydroxylation sites is 1. The summed E-state index contributed by atoms with van der Waals surface area (Å²) in [6.07, 6.45) is 0.958. The van der Waals surface area contributed by atoms with Crippen LogP contribution in [-0.2, 0) is 9.53 Å². The van der Waals surface area contributed by atoms with Gasteiger partial charge in [-0.15, -0.1) is 0 Å². The molecule has 0 radical (unpaired) electrons. The second kappa shape index (κ2) is 8.88. The summed E-state index contributed by atoms with van der Waals surface area (Å²) in [5.41, 5.74) is 2.02. The molecule has 0 aliphatic rings. The van der Waals surface area contributed by atoms with E-state index in [1.165, 1.54) is 18.2 Å². The Hall–Kier alpha value is -2.04. The van der Waals surface area contributed by atoms with E-state index >= 15 is 0 Å². The van der Waals surface area contributed by atoms with Crippen LogP contribution in [0.2, 0.25) is 10.0 Å². The number of amides is 1. The van der Waals surface area contributed by atoms with Crippen LogP contribution in [0.15, 0.2) is 42.5 Å². The largest absolute Gasteiger partial charge is 0.452 e. The lowest BCUT2D eigenvalue weighted by Gasteiger charge is -2.15. The van der Waals surface area contributed by atoms with E-state index in [9.17, 15) is 9.59 Å². The molecule has 2 rings (SSSR count). The molecule has 2 aromatic carbocycles. The van der Waals surface area contributed by atoms with Gasteiger partial charge in [0.2, 0.25) is 0 Å². The van der Waals surface area contributed by atoms with Crippen molar-refractivity contribution < 1.29 is 14.3 Å². The normalized spacial score (nSPS) is 11.7. The Morgan fingerprint density at radius 1 is 1.12 bits per heavy atom. The van der Waals surface area contributed by atoms with E-state index in [4.69, 9.17) is 27.9 Å². The Morgan fingerprint density at radius 2 is 1.84 bits per heavy atom. The highest BCUT2D eigenvalue weighted by molar-refractivity contribution is 6.42. The maximum Gasteiger partial charge on any atom is 0.338 e. The van der Waals surface area contributed by atoms with Gasteiger partial charge in [0.05, 0.1) is 15.6 Å². The van der Waals surface area contributed by atoms with Gasteiger partial charge >= 0.3 is 5.97 Å². The van der Waals surface area contributed by atoms with E-state index in [0.29, 0.717) is 10.9 Å². The molecule has 0 aliphatic heterocycles. The fraction of sp³-hybridized carbons (Fsp3) is 0.263. The number of benzene rings is 2. The minimum absolute atomic E-state index is 0.238. The van der Waals surface area contributed by atoms with Crippen molar-refractivity contribution in [3.05, 3.63) is 63.6 Å². The molecule has 1 N–H and O–H groups in total. The van der Waals surface area contributed by atoms with Crippen LogP contribution in [0.3, 0.4) is 0 Å². The first kappa shape index (κ1) is 19.3. The number of hydrogen-bond donors (Lipinski definition) is 1. The van der Waals surface area contributed by atoms with Crippen molar-refractivity contribution in [1.82, 2.24) is 0 Å². The summed E-state index contributed by atoms with van der Waals surface area (Å²) in [5.74, 6) is -0.719. The molecule has 0 bridgehead atoms. The van der Waals surface area contributed by atoms with Gasteiger partial charge in [-0.05, 0) is 42.2 Å². The maximum atomic E-state index is 12.1. The van der Waals surface area contributed by atoms with Gasteiger partial charge in [0, 0.05) is 5.69 Å². The molecule has 0 heterocycles. The molecule has 2 aromatic rings. The fourth-order valence-corrected chi connectivity index (χ4v) is 2.58. The van der Waals surface area contributed by atoms with Gasteiger partial charge in [0.1, 0.15) is 0 Å². The Balaban J connectivity index is 1.97. The average molecular weight is 380 g/mol. The molecule has 0 saturated carbocycles. The summed E-state index contributed by atoms with van der Waals surface area (Å²) in [5, 5.41) is 3.39. The van der Waals surface area contributed by atoms with E-state index in [1.54, 1.807) is 0 Å². The minimum atomic E-state index is -0.635. The van der Waals surface area contributed by atoms with Crippen LogP contribution >= 0.6 is 23.2 Å². The van der Waals surface area contributed by atoms with Crippen molar-refractivity contribution >= 4 is 40.8 Å². The third-order valence-electron chi connectivity index (χ3n) is 3.87. The Morgan fingerprint density at radius 3 is 2.52 bits per heavy atom. The van der Waals surface area contributed by atoms with Crippen molar-refractivity contribution in [2.24, 2.45) is 0 Å². The highest BCUT2D eigenvalue weighted by Gasteiger charge is 2.14. The summed E-state index contributed by atoms with van der Waals surface area (Å²) in [6, 6.07) is 12.0. The SMILES string of the molecule is CC[C@H](C)c1ccccc1NC(=O)COC(=O)c1ccc(Cl)c(Cl)c1. The van der Waals surface area contributed by atoms with Crippen LogP contribution in [0.25, 0.3) is 0 Å². The van der Waals surface area contributed by atoms with Crippen LogP contribution in [0.4, 0.5) is 5.69 Å². The van der Waals surface area contributed by atoms with Crippen LogP contribution in [0.5, 0.6) is 0 Å². The molecule has 6 heteroatoms. The third kappa shape index (κ3) is 5.21. The molecular formula is C19H19Cl2NO3. The first-order valence-corrected chi connectivity index (χ1v) is 8.69. The Labute approximate surface area is 157 Å². The maximum absolute atomic E-state index is 12.1. The summed E-state index contributed by atoms with van der Waals surface area (Å²) in [7, 11) is 0. The lowest BCUT2D eigenvalue weighted by atomic mass is 9.97. The molecule has 0 aliphatic carbocycles. The molecule has 132 valence electrons. The topological polar surface area (TPSA) is 55.4 Å². The lowest BCUT2D eigenvalue weighted by molar-refractivity contribution is -0.119. The lowest BCUT2D eigenvalue weighted by Crippen LogP contribution is -2.21. The monoisotopic (exact) mass is 379 g/mol. The molecule has 1 amide bonds. The first-order chi connectivity index (χ1) is 11.9. The smallest absolute Gasteiger partial charge is 0.338 e. The highest BCUT2D eigenvalue weighted by atomic mass is 35.5. The van der Waals surface area contributed by atoms with Gasteiger partial charge in [-0.3, -0.25) is 4.79 Å². The van der Waals surface area contributed by atoms with Gasteiger partial charge in [0.15, 0.2) is 6.61 Å². The highest BCUT2D eigenvalue weighted by Crippen LogP contribution is 2.26. The summed E-state index contributed by atoms with van der Waals surface area (Å²) < 4.78 is 5.03. The van der Waals surface area contributed by atoms with Gasteiger partial charge in [-0.1, -0.05) is 55.2 Å². The predicted molar refractivity (Wildman–Crippen MR) is 101 cm³/mol. The standard InChI is InChI=1S/C19H19Cl2NO3/c1-3-12(2)14-6-4-5-7-17(14)22-18(23)11-25-19(24)13-8-9-15(20)16(21)10-13/h4-10,12H,3,11H2,1-2H3,(H,22,23)/t12-/m0/s1. The molecule has 0 fully saturated rings. The zero-order valence-corrected chi connectivity index (χ0v) is 15.5. The number of carbonyl (C=O) groups is 2. The number of halogens is 2. The predicted octanol–water partition coefficient (Wildman–Crippen LogP) is 5.30. The van der Waals surface area contributed by atoms with Crippen molar-refractivity contribution in [2.45, 2.75) is 26.2 Å². The Kier molecular flexibility index (Phi) is 6.85. The van der Waals surface area contributed by atoms with E-state index in [0.717, 1.165) is 17.7 Å². The van der Waals surface area contributed by atoms with Gasteiger partial charge in [-0.25, -0.2) is 4.79 Å². The number of esters is 1. The third-order valence-corrected chi connectivity index (χ3v) is 4.61. The number of nitrogens with one attached hydrogen (secondary N) is 1. The summed E-state index contributed by atoms with van der Waals surface area (Å²) in [6.45, 7) is 3.80. The molecule has 25 heavy (non-hydrogen) atoms. The Bertz CT molecular complexity index is 777. The molecule has 0 unspecified atom stereocenters. The second-order valence-corrected chi connectivity index (χ2v) is 6.46. The first-order valence-electron chi connectivity index (χ1n) is 7.93. The van der Waals surface area contributed by atoms with E-state index in [-0.39, 0.29) is 17.2 Å². The molecule has 1 atom stereocenters. The number of ether oxygens (including phenoxy) is 1. The molecule has 4 nitrogen and oxygen atoms in total. The van der Waals surface area contributed by atoms with Crippen LogP contribution in [-0.4, -0.2) is 18.5 Å². The zero-order chi connectivity index (χ0) is 18.4. The number of hydrogen-bond acceptors (Lipinski definition) is 3. The quantitative estimate of drug-likeness (QED) is 0.692. The molecule has 0 saturated heterocycles. The van der Waals surface area contributed by atoms with Crippen LogP contribution in [0, 0.1) is 0 Å². The average Bonchev–Trinajstić information content (AvgIpc) is 2.61. The van der Waals surface area contributed by atoms with Gasteiger partial charge < -0.3 is 10.1 Å². The summed E-state index contributed by atoms with van der Waals surface area (Å²) >= 11 is 11.7. The number of carbonyl (C=O) groups excluding carboxylic acids is 2.